The SMILES string of the molecule is CN(C)C1(C(=O)Cc2ccc(F)c(Br)c2)CCCC1. The summed E-state index contributed by atoms with van der Waals surface area (Å²) in [5.74, 6) is -0.0482. The number of halogens is 2. The van der Waals surface area contributed by atoms with Crippen molar-refractivity contribution in [1.82, 2.24) is 4.90 Å². The summed E-state index contributed by atoms with van der Waals surface area (Å²) >= 11 is 3.17. The fourth-order valence-corrected chi connectivity index (χ4v) is 3.36. The molecular weight excluding hydrogens is 309 g/mol. The molecule has 1 aromatic carbocycles. The third-order valence-corrected chi connectivity index (χ3v) is 4.76. The van der Waals surface area contributed by atoms with Gasteiger partial charge < -0.3 is 0 Å². The Morgan fingerprint density at radius 3 is 2.53 bits per heavy atom. The Labute approximate surface area is 122 Å². The normalized spacial score (nSPS) is 17.9. The molecule has 0 amide bonds. The van der Waals surface area contributed by atoms with Crippen molar-refractivity contribution in [2.75, 3.05) is 14.1 Å². The maximum Gasteiger partial charge on any atom is 0.157 e. The molecule has 0 saturated heterocycles. The second-order valence-electron chi connectivity index (χ2n) is 5.48. The Morgan fingerprint density at radius 1 is 1.37 bits per heavy atom. The zero-order valence-corrected chi connectivity index (χ0v) is 13.0. The lowest BCUT2D eigenvalue weighted by molar-refractivity contribution is -0.128. The standard InChI is InChI=1S/C15H19BrFNO/c1-18(2)15(7-3-4-8-15)14(19)10-11-5-6-13(17)12(16)9-11/h5-6,9H,3-4,7-8,10H2,1-2H3. The molecule has 1 saturated carbocycles. The lowest BCUT2D eigenvalue weighted by Crippen LogP contribution is -2.49. The van der Waals surface area contributed by atoms with Gasteiger partial charge in [-0.3, -0.25) is 9.69 Å². The van der Waals surface area contributed by atoms with E-state index in [9.17, 15) is 9.18 Å². The number of Topliss-reactive ketones (excluding diaryl/α,β-unsaturated/α-hetero) is 1. The van der Waals surface area contributed by atoms with Crippen LogP contribution in [-0.4, -0.2) is 30.3 Å². The van der Waals surface area contributed by atoms with Gasteiger partial charge in [0.25, 0.3) is 0 Å². The van der Waals surface area contributed by atoms with E-state index in [2.05, 4.69) is 20.8 Å². The van der Waals surface area contributed by atoms with Crippen molar-refractivity contribution in [3.8, 4) is 0 Å². The van der Waals surface area contributed by atoms with E-state index in [1.54, 1.807) is 12.1 Å². The van der Waals surface area contributed by atoms with Gasteiger partial charge in [0.1, 0.15) is 5.82 Å². The fourth-order valence-electron chi connectivity index (χ4n) is 2.93. The summed E-state index contributed by atoms with van der Waals surface area (Å²) in [5.41, 5.74) is 0.548. The first-order valence-electron chi connectivity index (χ1n) is 6.60. The molecule has 19 heavy (non-hydrogen) atoms. The quantitative estimate of drug-likeness (QED) is 0.842. The third kappa shape index (κ3) is 2.90. The monoisotopic (exact) mass is 327 g/mol. The van der Waals surface area contributed by atoms with Crippen LogP contribution in [-0.2, 0) is 11.2 Å². The minimum Gasteiger partial charge on any atom is -0.297 e. The number of carbonyl (C=O) groups is 1. The lowest BCUT2D eigenvalue weighted by Gasteiger charge is -2.34. The molecule has 1 aromatic rings. The fraction of sp³-hybridized carbons (Fsp3) is 0.533. The van der Waals surface area contributed by atoms with Crippen LogP contribution in [0.3, 0.4) is 0 Å². The third-order valence-electron chi connectivity index (χ3n) is 4.15. The van der Waals surface area contributed by atoms with Crippen LogP contribution in [0.15, 0.2) is 22.7 Å². The molecule has 1 aliphatic rings. The van der Waals surface area contributed by atoms with Gasteiger partial charge in [0, 0.05) is 6.42 Å². The number of ketones is 1. The first kappa shape index (κ1) is 14.7. The van der Waals surface area contributed by atoms with E-state index < -0.39 is 0 Å². The van der Waals surface area contributed by atoms with E-state index in [-0.39, 0.29) is 17.1 Å². The van der Waals surface area contributed by atoms with Gasteiger partial charge in [0.2, 0.25) is 0 Å². The smallest absolute Gasteiger partial charge is 0.157 e. The highest BCUT2D eigenvalue weighted by Gasteiger charge is 2.42. The maximum absolute atomic E-state index is 13.2. The summed E-state index contributed by atoms with van der Waals surface area (Å²) in [4.78, 5) is 14.7. The molecule has 4 heteroatoms. The zero-order valence-electron chi connectivity index (χ0n) is 11.4. The average molecular weight is 328 g/mol. The van der Waals surface area contributed by atoms with Gasteiger partial charge in [-0.15, -0.1) is 0 Å². The number of benzene rings is 1. The van der Waals surface area contributed by atoms with E-state index in [4.69, 9.17) is 0 Å². The predicted octanol–water partition coefficient (Wildman–Crippen LogP) is 3.57. The largest absolute Gasteiger partial charge is 0.297 e. The van der Waals surface area contributed by atoms with Crippen LogP contribution >= 0.6 is 15.9 Å². The summed E-state index contributed by atoms with van der Waals surface area (Å²) in [6, 6.07) is 4.80. The minimum absolute atomic E-state index is 0.244. The molecule has 0 aromatic heterocycles. The molecule has 0 atom stereocenters. The Bertz CT molecular complexity index is 481. The van der Waals surface area contributed by atoms with Crippen LogP contribution in [0.1, 0.15) is 31.2 Å². The number of hydrogen-bond donors (Lipinski definition) is 0. The first-order valence-corrected chi connectivity index (χ1v) is 7.40. The predicted molar refractivity (Wildman–Crippen MR) is 77.7 cm³/mol. The van der Waals surface area contributed by atoms with Crippen molar-refractivity contribution in [1.29, 1.82) is 0 Å². The maximum atomic E-state index is 13.2. The molecule has 1 aliphatic carbocycles. The Balaban J connectivity index is 2.17. The highest BCUT2D eigenvalue weighted by atomic mass is 79.9. The van der Waals surface area contributed by atoms with Gasteiger partial charge >= 0.3 is 0 Å². The first-order chi connectivity index (χ1) is 8.95. The Morgan fingerprint density at radius 2 is 2.00 bits per heavy atom. The van der Waals surface area contributed by atoms with Crippen molar-refractivity contribution in [3.05, 3.63) is 34.1 Å². The van der Waals surface area contributed by atoms with Crippen LogP contribution in [0.2, 0.25) is 0 Å². The van der Waals surface area contributed by atoms with Gasteiger partial charge in [0.05, 0.1) is 10.0 Å². The van der Waals surface area contributed by atoms with Crippen molar-refractivity contribution in [2.45, 2.75) is 37.6 Å². The van der Waals surface area contributed by atoms with E-state index in [0.717, 1.165) is 31.2 Å². The second kappa shape index (κ2) is 5.71. The van der Waals surface area contributed by atoms with E-state index in [1.165, 1.54) is 6.07 Å². The van der Waals surface area contributed by atoms with Crippen LogP contribution in [0.4, 0.5) is 4.39 Å². The molecular formula is C15H19BrFNO. The Hall–Kier alpha value is -0.740. The number of nitrogens with zero attached hydrogens (tertiary/aromatic N) is 1. The zero-order chi connectivity index (χ0) is 14.0. The van der Waals surface area contributed by atoms with Gasteiger partial charge in [-0.25, -0.2) is 4.39 Å². The summed E-state index contributed by atoms with van der Waals surface area (Å²) in [5, 5.41) is 0. The molecule has 0 heterocycles. The molecule has 0 aliphatic heterocycles. The highest BCUT2D eigenvalue weighted by molar-refractivity contribution is 9.10. The van der Waals surface area contributed by atoms with Crippen LogP contribution in [0, 0.1) is 5.82 Å². The van der Waals surface area contributed by atoms with Gasteiger partial charge in [-0.05, 0) is 60.6 Å². The van der Waals surface area contributed by atoms with Crippen molar-refractivity contribution < 1.29 is 9.18 Å². The molecule has 2 nitrogen and oxygen atoms in total. The van der Waals surface area contributed by atoms with E-state index in [1.807, 2.05) is 14.1 Å². The van der Waals surface area contributed by atoms with Crippen LogP contribution in [0.25, 0.3) is 0 Å². The molecule has 0 N–H and O–H groups in total. The average Bonchev–Trinajstić information content (AvgIpc) is 2.84. The number of likely N-dealkylation sites (N-methyl/N-ethyl adjacent to an activating group) is 1. The Kier molecular flexibility index (Phi) is 4.41. The molecule has 0 bridgehead atoms. The summed E-state index contributed by atoms with van der Waals surface area (Å²) < 4.78 is 13.6. The summed E-state index contributed by atoms with van der Waals surface area (Å²) in [7, 11) is 3.95. The highest BCUT2D eigenvalue weighted by Crippen LogP contribution is 2.35. The molecule has 104 valence electrons. The van der Waals surface area contributed by atoms with Crippen LogP contribution in [0.5, 0.6) is 0 Å². The molecule has 0 unspecified atom stereocenters. The van der Waals surface area contributed by atoms with Crippen molar-refractivity contribution in [3.63, 3.8) is 0 Å². The number of carbonyl (C=O) groups excluding carboxylic acids is 1. The molecule has 2 rings (SSSR count). The molecule has 0 radical (unpaired) electrons. The molecule has 1 fully saturated rings. The summed E-state index contributed by atoms with van der Waals surface area (Å²) in [6.45, 7) is 0. The van der Waals surface area contributed by atoms with Crippen molar-refractivity contribution >= 4 is 21.7 Å². The minimum atomic E-state index is -0.319. The van der Waals surface area contributed by atoms with Crippen LogP contribution < -0.4 is 0 Å². The topological polar surface area (TPSA) is 20.3 Å². The summed E-state index contributed by atoms with van der Waals surface area (Å²) in [6.07, 6.45) is 4.45. The lowest BCUT2D eigenvalue weighted by atomic mass is 9.87. The van der Waals surface area contributed by atoms with Gasteiger partial charge in [-0.1, -0.05) is 18.9 Å². The molecule has 0 spiro atoms. The number of hydrogen-bond acceptors (Lipinski definition) is 2. The van der Waals surface area contributed by atoms with E-state index >= 15 is 0 Å². The van der Waals surface area contributed by atoms with Crippen molar-refractivity contribution in [2.24, 2.45) is 0 Å². The van der Waals surface area contributed by atoms with Gasteiger partial charge in [-0.2, -0.15) is 0 Å². The number of rotatable bonds is 4. The second-order valence-corrected chi connectivity index (χ2v) is 6.34. The van der Waals surface area contributed by atoms with Gasteiger partial charge in [0.15, 0.2) is 5.78 Å². The van der Waals surface area contributed by atoms with E-state index in [0.29, 0.717) is 10.9 Å².